The van der Waals surface area contributed by atoms with Gasteiger partial charge in [0.25, 0.3) is 0 Å². The summed E-state index contributed by atoms with van der Waals surface area (Å²) in [5.74, 6) is -1.76. The minimum Gasteiger partial charge on any atom is -0.330 e. The molecule has 2 nitrogen and oxygen atoms in total. The molecule has 62 valence electrons. The zero-order chi connectivity index (χ0) is 7.49. The lowest BCUT2D eigenvalue weighted by molar-refractivity contribution is -0.170. The number of hydrogen-bond acceptors (Lipinski definition) is 2. The van der Waals surface area contributed by atoms with Gasteiger partial charge in [-0.3, -0.25) is 4.79 Å². The molecule has 2 N–H and O–H groups in total. The second kappa shape index (κ2) is 4.51. The maximum Gasteiger partial charge on any atom is 0.450 e. The third-order valence-electron chi connectivity index (χ3n) is 0.688. The first-order valence-corrected chi connectivity index (χ1v) is 2.28. The maximum atomic E-state index is 11.2. The van der Waals surface area contributed by atoms with E-state index in [0.29, 0.717) is 0 Å². The van der Waals surface area contributed by atoms with Crippen LogP contribution in [0.2, 0.25) is 0 Å². The first-order valence-electron chi connectivity index (χ1n) is 2.28. The molecule has 0 saturated heterocycles. The van der Waals surface area contributed by atoms with Crippen LogP contribution in [0.3, 0.4) is 0 Å². The van der Waals surface area contributed by atoms with Gasteiger partial charge >= 0.3 is 6.18 Å². The molecule has 0 unspecified atom stereocenters. The van der Waals surface area contributed by atoms with Crippen molar-refractivity contribution in [2.24, 2.45) is 5.73 Å². The van der Waals surface area contributed by atoms with Gasteiger partial charge in [0, 0.05) is 6.42 Å². The van der Waals surface area contributed by atoms with E-state index in [-0.39, 0.29) is 19.0 Å². The predicted molar refractivity (Wildman–Crippen MR) is 32.0 cm³/mol. The highest BCUT2D eigenvalue weighted by Crippen LogP contribution is 2.16. The fourth-order valence-electron chi connectivity index (χ4n) is 0.273. The minimum absolute atomic E-state index is 0. The van der Waals surface area contributed by atoms with Crippen molar-refractivity contribution in [2.45, 2.75) is 12.6 Å². The molecule has 6 heteroatoms. The summed E-state index contributed by atoms with van der Waals surface area (Å²) >= 11 is 0. The number of carbonyl (C=O) groups excluding carboxylic acids is 1. The molecule has 0 atom stereocenters. The second-order valence-electron chi connectivity index (χ2n) is 1.46. The average Bonchev–Trinajstić information content (AvgIpc) is 1.64. The molecule has 0 saturated carbocycles. The van der Waals surface area contributed by atoms with Gasteiger partial charge in [-0.15, -0.1) is 12.4 Å². The molecule has 0 bridgehead atoms. The molecule has 0 amide bonds. The normalized spacial score (nSPS) is 10.4. The van der Waals surface area contributed by atoms with Crippen LogP contribution in [0.5, 0.6) is 0 Å². The Morgan fingerprint density at radius 3 is 1.90 bits per heavy atom. The molecule has 0 spiro atoms. The molecular formula is C4H7ClF3NO. The lowest BCUT2D eigenvalue weighted by Gasteiger charge is -2.01. The number of alkyl halides is 3. The van der Waals surface area contributed by atoms with Gasteiger partial charge in [-0.2, -0.15) is 13.2 Å². The number of nitrogens with two attached hydrogens (primary N) is 1. The molecule has 0 aromatic carbocycles. The van der Waals surface area contributed by atoms with E-state index in [1.165, 1.54) is 0 Å². The monoisotopic (exact) mass is 177 g/mol. The van der Waals surface area contributed by atoms with Gasteiger partial charge in [0.1, 0.15) is 0 Å². The van der Waals surface area contributed by atoms with E-state index in [2.05, 4.69) is 0 Å². The summed E-state index contributed by atoms with van der Waals surface area (Å²) in [5.41, 5.74) is 4.71. The molecule has 0 aliphatic rings. The Balaban J connectivity index is 0. The van der Waals surface area contributed by atoms with Crippen LogP contribution in [0.15, 0.2) is 0 Å². The van der Waals surface area contributed by atoms with Gasteiger partial charge in [-0.05, 0) is 6.54 Å². The first kappa shape index (κ1) is 12.4. The lowest BCUT2D eigenvalue weighted by Crippen LogP contribution is -2.24. The Morgan fingerprint density at radius 2 is 1.80 bits per heavy atom. The van der Waals surface area contributed by atoms with Crippen molar-refractivity contribution >= 4 is 18.2 Å². The SMILES string of the molecule is Cl.NCCC(=O)C(F)(F)F. The van der Waals surface area contributed by atoms with E-state index < -0.39 is 18.4 Å². The molecule has 0 aliphatic heterocycles. The highest BCUT2D eigenvalue weighted by atomic mass is 35.5. The number of rotatable bonds is 2. The van der Waals surface area contributed by atoms with Crippen molar-refractivity contribution in [3.8, 4) is 0 Å². The number of halogens is 4. The Hall–Kier alpha value is -0.290. The van der Waals surface area contributed by atoms with Gasteiger partial charge in [-0.1, -0.05) is 0 Å². The third kappa shape index (κ3) is 4.58. The molecule has 10 heavy (non-hydrogen) atoms. The van der Waals surface area contributed by atoms with Crippen LogP contribution >= 0.6 is 12.4 Å². The summed E-state index contributed by atoms with van der Waals surface area (Å²) < 4.78 is 33.7. The van der Waals surface area contributed by atoms with Crippen molar-refractivity contribution in [3.05, 3.63) is 0 Å². The van der Waals surface area contributed by atoms with Crippen molar-refractivity contribution in [1.82, 2.24) is 0 Å². The molecule has 0 rings (SSSR count). The Kier molecular flexibility index (Phi) is 5.59. The Morgan fingerprint density at radius 1 is 1.40 bits per heavy atom. The van der Waals surface area contributed by atoms with Crippen molar-refractivity contribution in [1.29, 1.82) is 0 Å². The standard InChI is InChI=1S/C4H6F3NO.ClH/c5-4(6,7)3(9)1-2-8;/h1-2,8H2;1H. The van der Waals surface area contributed by atoms with Crippen LogP contribution in [0.1, 0.15) is 6.42 Å². The fourth-order valence-corrected chi connectivity index (χ4v) is 0.273. The summed E-state index contributed by atoms with van der Waals surface area (Å²) in [4.78, 5) is 9.86. The molecule has 0 heterocycles. The van der Waals surface area contributed by atoms with E-state index in [1.54, 1.807) is 0 Å². The maximum absolute atomic E-state index is 11.2. The van der Waals surface area contributed by atoms with Gasteiger partial charge in [0.2, 0.25) is 5.78 Å². The highest BCUT2D eigenvalue weighted by molar-refractivity contribution is 5.85. The Bertz CT molecular complexity index is 114. The van der Waals surface area contributed by atoms with E-state index >= 15 is 0 Å². The van der Waals surface area contributed by atoms with Crippen LogP contribution in [0, 0.1) is 0 Å². The average molecular weight is 178 g/mol. The zero-order valence-corrected chi connectivity index (χ0v) is 5.76. The van der Waals surface area contributed by atoms with Gasteiger partial charge in [0.15, 0.2) is 0 Å². The number of Topliss-reactive ketones (excluding diaryl/α,β-unsaturated/α-hetero) is 1. The van der Waals surface area contributed by atoms with Crippen LogP contribution in [0.4, 0.5) is 13.2 Å². The highest BCUT2D eigenvalue weighted by Gasteiger charge is 2.36. The quantitative estimate of drug-likeness (QED) is 0.681. The summed E-state index contributed by atoms with van der Waals surface area (Å²) in [6.07, 6.45) is -5.33. The zero-order valence-electron chi connectivity index (χ0n) is 4.94. The summed E-state index contributed by atoms with van der Waals surface area (Å²) in [6, 6.07) is 0. The van der Waals surface area contributed by atoms with Crippen LogP contribution < -0.4 is 5.73 Å². The van der Waals surface area contributed by atoms with Gasteiger partial charge < -0.3 is 5.73 Å². The topological polar surface area (TPSA) is 43.1 Å². The molecular weight excluding hydrogens is 170 g/mol. The van der Waals surface area contributed by atoms with E-state index in [1.807, 2.05) is 0 Å². The first-order chi connectivity index (χ1) is 3.98. The van der Waals surface area contributed by atoms with Gasteiger partial charge in [0.05, 0.1) is 0 Å². The fraction of sp³-hybridized carbons (Fsp3) is 0.750. The summed E-state index contributed by atoms with van der Waals surface area (Å²) in [6.45, 7) is -0.252. The smallest absolute Gasteiger partial charge is 0.330 e. The number of hydrogen-bond donors (Lipinski definition) is 1. The third-order valence-corrected chi connectivity index (χ3v) is 0.688. The molecule has 0 fully saturated rings. The molecule has 0 radical (unpaired) electrons. The molecule has 0 aromatic rings. The van der Waals surface area contributed by atoms with Crippen LogP contribution in [-0.2, 0) is 4.79 Å². The minimum atomic E-state index is -4.71. The summed E-state index contributed by atoms with van der Waals surface area (Å²) in [5, 5.41) is 0. The second-order valence-corrected chi connectivity index (χ2v) is 1.46. The van der Waals surface area contributed by atoms with E-state index in [0.717, 1.165) is 0 Å². The van der Waals surface area contributed by atoms with Crippen molar-refractivity contribution in [3.63, 3.8) is 0 Å². The van der Waals surface area contributed by atoms with Crippen molar-refractivity contribution in [2.75, 3.05) is 6.54 Å². The summed E-state index contributed by atoms with van der Waals surface area (Å²) in [7, 11) is 0. The molecule has 0 aliphatic carbocycles. The largest absolute Gasteiger partial charge is 0.450 e. The number of carbonyl (C=O) groups is 1. The molecule has 0 aromatic heterocycles. The van der Waals surface area contributed by atoms with Crippen LogP contribution in [0.25, 0.3) is 0 Å². The van der Waals surface area contributed by atoms with E-state index in [9.17, 15) is 18.0 Å². The lowest BCUT2D eigenvalue weighted by atomic mass is 10.3. The predicted octanol–water partition coefficient (Wildman–Crippen LogP) is 0.888. The van der Waals surface area contributed by atoms with Crippen LogP contribution in [-0.4, -0.2) is 18.5 Å². The number of ketones is 1. The Labute approximate surface area is 62.0 Å². The van der Waals surface area contributed by atoms with E-state index in [4.69, 9.17) is 5.73 Å². The van der Waals surface area contributed by atoms with Crippen molar-refractivity contribution < 1.29 is 18.0 Å². The van der Waals surface area contributed by atoms with Gasteiger partial charge in [-0.25, -0.2) is 0 Å².